The van der Waals surface area contributed by atoms with Crippen molar-refractivity contribution in [2.45, 2.75) is 0 Å². The fraction of sp³-hybridized carbons (Fsp3) is 0.111. The zero-order valence-electron chi connectivity index (χ0n) is 12.8. The molecule has 0 spiro atoms. The van der Waals surface area contributed by atoms with Gasteiger partial charge in [-0.2, -0.15) is 0 Å². The Morgan fingerprint density at radius 2 is 1.83 bits per heavy atom. The Kier molecular flexibility index (Phi) is 4.10. The van der Waals surface area contributed by atoms with Gasteiger partial charge in [-0.3, -0.25) is 0 Å². The van der Waals surface area contributed by atoms with E-state index < -0.39 is 5.97 Å². The van der Waals surface area contributed by atoms with E-state index in [1.807, 2.05) is 36.4 Å². The van der Waals surface area contributed by atoms with Gasteiger partial charge in [-0.05, 0) is 18.2 Å². The molecule has 1 aliphatic heterocycles. The van der Waals surface area contributed by atoms with E-state index in [0.717, 1.165) is 11.1 Å². The summed E-state index contributed by atoms with van der Waals surface area (Å²) in [5, 5.41) is 3.89. The molecule has 0 aromatic heterocycles. The van der Waals surface area contributed by atoms with Crippen molar-refractivity contribution in [2.24, 2.45) is 5.16 Å². The molecular formula is C18H15NO4. The van der Waals surface area contributed by atoms with Crippen LogP contribution < -0.4 is 9.47 Å². The van der Waals surface area contributed by atoms with E-state index in [0.29, 0.717) is 22.8 Å². The second-order valence-corrected chi connectivity index (χ2v) is 4.85. The normalized spacial score (nSPS) is 15.3. The fourth-order valence-corrected chi connectivity index (χ4v) is 2.31. The molecule has 0 radical (unpaired) electrons. The van der Waals surface area contributed by atoms with Gasteiger partial charge in [0.05, 0.1) is 19.8 Å². The van der Waals surface area contributed by atoms with Crippen LogP contribution in [0.5, 0.6) is 11.5 Å². The van der Waals surface area contributed by atoms with Crippen molar-refractivity contribution >= 4 is 17.8 Å². The molecule has 23 heavy (non-hydrogen) atoms. The molecule has 0 fully saturated rings. The molecule has 1 aliphatic rings. The Labute approximate surface area is 133 Å². The lowest BCUT2D eigenvalue weighted by Crippen LogP contribution is -2.07. The monoisotopic (exact) mass is 309 g/mol. The van der Waals surface area contributed by atoms with Gasteiger partial charge < -0.3 is 14.3 Å². The molecule has 0 N–H and O–H groups in total. The molecule has 0 bridgehead atoms. The van der Waals surface area contributed by atoms with Gasteiger partial charge in [-0.25, -0.2) is 4.79 Å². The summed E-state index contributed by atoms with van der Waals surface area (Å²) in [5.41, 5.74) is 2.45. The average molecular weight is 309 g/mol. The van der Waals surface area contributed by atoms with Crippen molar-refractivity contribution in [2.75, 3.05) is 14.2 Å². The first-order chi connectivity index (χ1) is 11.2. The summed E-state index contributed by atoms with van der Waals surface area (Å²) in [5.74, 6) is 0.792. The Balaban J connectivity index is 2.04. The van der Waals surface area contributed by atoms with Gasteiger partial charge >= 0.3 is 5.97 Å². The standard InChI is InChI=1S/C18H15NO4/c1-21-14-9-8-13(16(11-14)22-2)10-15-17(19-23-18(15)20)12-6-4-3-5-7-12/h3-11H,1-2H3/b15-10-. The predicted molar refractivity (Wildman–Crippen MR) is 86.6 cm³/mol. The zero-order valence-corrected chi connectivity index (χ0v) is 12.8. The Bertz CT molecular complexity index is 794. The zero-order chi connectivity index (χ0) is 16.2. The molecule has 0 unspecified atom stereocenters. The van der Waals surface area contributed by atoms with Crippen LogP contribution in [0.4, 0.5) is 0 Å². The maximum atomic E-state index is 12.0. The quantitative estimate of drug-likeness (QED) is 0.643. The number of methoxy groups -OCH3 is 2. The molecule has 2 aromatic carbocycles. The number of carbonyl (C=O) groups excluding carboxylic acids is 1. The Morgan fingerprint density at radius 1 is 1.04 bits per heavy atom. The van der Waals surface area contributed by atoms with Gasteiger partial charge in [-0.1, -0.05) is 35.5 Å². The topological polar surface area (TPSA) is 57.1 Å². The molecule has 0 amide bonds. The Hall–Kier alpha value is -3.08. The van der Waals surface area contributed by atoms with Crippen LogP contribution in [0.25, 0.3) is 6.08 Å². The Morgan fingerprint density at radius 3 is 2.52 bits per heavy atom. The summed E-state index contributed by atoms with van der Waals surface area (Å²) in [6.07, 6.45) is 1.71. The van der Waals surface area contributed by atoms with E-state index in [2.05, 4.69) is 5.16 Å². The number of carbonyl (C=O) groups is 1. The second kappa shape index (κ2) is 6.36. The summed E-state index contributed by atoms with van der Waals surface area (Å²) >= 11 is 0. The van der Waals surface area contributed by atoms with Crippen molar-refractivity contribution in [3.63, 3.8) is 0 Å². The fourth-order valence-electron chi connectivity index (χ4n) is 2.31. The van der Waals surface area contributed by atoms with E-state index >= 15 is 0 Å². The molecule has 0 saturated heterocycles. The highest BCUT2D eigenvalue weighted by atomic mass is 16.7. The van der Waals surface area contributed by atoms with Crippen LogP contribution in [-0.2, 0) is 9.63 Å². The molecule has 0 atom stereocenters. The minimum Gasteiger partial charge on any atom is -0.497 e. The van der Waals surface area contributed by atoms with Crippen LogP contribution in [0.3, 0.4) is 0 Å². The minimum atomic E-state index is -0.485. The SMILES string of the molecule is COc1ccc(/C=C2\C(=O)ON=C2c2ccccc2)c(OC)c1. The number of oxime groups is 1. The molecule has 5 heteroatoms. The number of hydrogen-bond acceptors (Lipinski definition) is 5. The highest BCUT2D eigenvalue weighted by Gasteiger charge is 2.27. The molecule has 2 aromatic rings. The first-order valence-electron chi connectivity index (χ1n) is 7.02. The first-order valence-corrected chi connectivity index (χ1v) is 7.02. The molecule has 5 nitrogen and oxygen atoms in total. The van der Waals surface area contributed by atoms with Crippen molar-refractivity contribution < 1.29 is 19.1 Å². The largest absolute Gasteiger partial charge is 0.497 e. The first kappa shape index (κ1) is 14.8. The lowest BCUT2D eigenvalue weighted by Gasteiger charge is -2.08. The molecule has 3 rings (SSSR count). The lowest BCUT2D eigenvalue weighted by molar-refractivity contribution is -0.136. The maximum Gasteiger partial charge on any atom is 0.368 e. The van der Waals surface area contributed by atoms with E-state index in [1.54, 1.807) is 32.4 Å². The van der Waals surface area contributed by atoms with E-state index in [9.17, 15) is 4.79 Å². The second-order valence-electron chi connectivity index (χ2n) is 4.85. The van der Waals surface area contributed by atoms with Crippen molar-refractivity contribution in [3.05, 3.63) is 65.2 Å². The van der Waals surface area contributed by atoms with E-state index in [-0.39, 0.29) is 0 Å². The summed E-state index contributed by atoms with van der Waals surface area (Å²) in [4.78, 5) is 16.9. The predicted octanol–water partition coefficient (Wildman–Crippen LogP) is 3.05. The third-order valence-corrected chi connectivity index (χ3v) is 3.48. The van der Waals surface area contributed by atoms with Crippen LogP contribution in [-0.4, -0.2) is 25.9 Å². The van der Waals surface area contributed by atoms with Crippen molar-refractivity contribution in [1.29, 1.82) is 0 Å². The van der Waals surface area contributed by atoms with Crippen LogP contribution in [0.15, 0.2) is 59.3 Å². The third-order valence-electron chi connectivity index (χ3n) is 3.48. The van der Waals surface area contributed by atoms with Gasteiger partial charge in [0.1, 0.15) is 17.2 Å². The van der Waals surface area contributed by atoms with Crippen molar-refractivity contribution in [1.82, 2.24) is 0 Å². The third kappa shape index (κ3) is 2.94. The lowest BCUT2D eigenvalue weighted by atomic mass is 10.0. The summed E-state index contributed by atoms with van der Waals surface area (Å²) in [6, 6.07) is 14.8. The van der Waals surface area contributed by atoms with Crippen LogP contribution in [0.1, 0.15) is 11.1 Å². The molecule has 1 heterocycles. The smallest absolute Gasteiger partial charge is 0.368 e. The average Bonchev–Trinajstić information content (AvgIpc) is 2.97. The molecule has 0 aliphatic carbocycles. The molecular weight excluding hydrogens is 294 g/mol. The van der Waals surface area contributed by atoms with Gasteiger partial charge in [-0.15, -0.1) is 0 Å². The molecule has 0 saturated carbocycles. The summed E-state index contributed by atoms with van der Waals surface area (Å²) < 4.78 is 10.5. The van der Waals surface area contributed by atoms with E-state index in [4.69, 9.17) is 14.3 Å². The highest BCUT2D eigenvalue weighted by molar-refractivity contribution is 6.31. The van der Waals surface area contributed by atoms with Gasteiger partial charge in [0.2, 0.25) is 0 Å². The van der Waals surface area contributed by atoms with Crippen molar-refractivity contribution in [3.8, 4) is 11.5 Å². The van der Waals surface area contributed by atoms with Crippen LogP contribution in [0, 0.1) is 0 Å². The maximum absolute atomic E-state index is 12.0. The van der Waals surface area contributed by atoms with Crippen LogP contribution in [0.2, 0.25) is 0 Å². The number of rotatable bonds is 4. The minimum absolute atomic E-state index is 0.389. The number of benzene rings is 2. The number of nitrogens with zero attached hydrogens (tertiary/aromatic N) is 1. The van der Waals surface area contributed by atoms with Crippen LogP contribution >= 0.6 is 0 Å². The number of ether oxygens (including phenoxy) is 2. The highest BCUT2D eigenvalue weighted by Crippen LogP contribution is 2.28. The number of hydrogen-bond donors (Lipinski definition) is 0. The summed E-state index contributed by atoms with van der Waals surface area (Å²) in [6.45, 7) is 0. The molecule has 116 valence electrons. The summed E-state index contributed by atoms with van der Waals surface area (Å²) in [7, 11) is 3.15. The van der Waals surface area contributed by atoms with Gasteiger partial charge in [0.15, 0.2) is 0 Å². The van der Waals surface area contributed by atoms with Gasteiger partial charge in [0.25, 0.3) is 0 Å². The van der Waals surface area contributed by atoms with Gasteiger partial charge in [0, 0.05) is 17.2 Å². The van der Waals surface area contributed by atoms with E-state index in [1.165, 1.54) is 0 Å².